The van der Waals surface area contributed by atoms with Crippen LogP contribution < -0.4 is 0 Å². The molecular formula is C16H21NO. The van der Waals surface area contributed by atoms with Gasteiger partial charge in [-0.1, -0.05) is 24.6 Å². The monoisotopic (exact) mass is 243 g/mol. The first kappa shape index (κ1) is 11.8. The van der Waals surface area contributed by atoms with Crippen LogP contribution in [0.25, 0.3) is 10.9 Å². The zero-order valence-corrected chi connectivity index (χ0v) is 11.0. The Kier molecular flexibility index (Phi) is 3.13. The van der Waals surface area contributed by atoms with Gasteiger partial charge in [-0.25, -0.2) is 0 Å². The lowest BCUT2D eigenvalue weighted by Gasteiger charge is -2.26. The first-order valence-electron chi connectivity index (χ1n) is 6.99. The number of rotatable bonds is 4. The van der Waals surface area contributed by atoms with E-state index in [1.165, 1.54) is 35.7 Å². The molecule has 1 aromatic heterocycles. The van der Waals surface area contributed by atoms with E-state index in [2.05, 4.69) is 35.0 Å². The number of hydrogen-bond acceptors (Lipinski definition) is 1. The molecule has 1 atom stereocenters. The molecular weight excluding hydrogens is 222 g/mol. The highest BCUT2D eigenvalue weighted by molar-refractivity contribution is 5.84. The molecule has 0 amide bonds. The Morgan fingerprint density at radius 2 is 2.11 bits per heavy atom. The van der Waals surface area contributed by atoms with Gasteiger partial charge >= 0.3 is 0 Å². The van der Waals surface area contributed by atoms with E-state index in [1.807, 2.05) is 6.92 Å². The number of aromatic nitrogens is 1. The molecule has 1 heterocycles. The van der Waals surface area contributed by atoms with E-state index >= 15 is 0 Å². The molecule has 1 aliphatic carbocycles. The number of para-hydroxylation sites is 1. The highest BCUT2D eigenvalue weighted by Gasteiger charge is 2.19. The van der Waals surface area contributed by atoms with Crippen LogP contribution >= 0.6 is 0 Å². The number of benzene rings is 1. The Hall–Kier alpha value is -1.28. The summed E-state index contributed by atoms with van der Waals surface area (Å²) in [6, 6.07) is 8.55. The van der Waals surface area contributed by atoms with Gasteiger partial charge in [-0.05, 0) is 37.3 Å². The Bertz CT molecular complexity index is 537. The molecule has 0 bridgehead atoms. The van der Waals surface area contributed by atoms with E-state index in [0.717, 1.165) is 18.9 Å². The van der Waals surface area contributed by atoms with Crippen molar-refractivity contribution >= 4 is 10.9 Å². The highest BCUT2D eigenvalue weighted by atomic mass is 16.3. The van der Waals surface area contributed by atoms with E-state index in [1.54, 1.807) is 0 Å². The van der Waals surface area contributed by atoms with Gasteiger partial charge in [0.2, 0.25) is 0 Å². The predicted octanol–water partition coefficient (Wildman–Crippen LogP) is 3.36. The molecule has 1 saturated carbocycles. The summed E-state index contributed by atoms with van der Waals surface area (Å²) in [5.41, 5.74) is 2.60. The Balaban J connectivity index is 1.96. The molecule has 0 saturated heterocycles. The molecule has 1 aliphatic rings. The van der Waals surface area contributed by atoms with Crippen molar-refractivity contribution in [1.29, 1.82) is 0 Å². The Morgan fingerprint density at radius 1 is 1.33 bits per heavy atom. The summed E-state index contributed by atoms with van der Waals surface area (Å²) < 4.78 is 2.39. The van der Waals surface area contributed by atoms with Crippen molar-refractivity contribution in [3.63, 3.8) is 0 Å². The molecule has 2 aromatic rings. The average Bonchev–Trinajstić information content (AvgIpc) is 2.62. The first-order valence-corrected chi connectivity index (χ1v) is 6.99. The third kappa shape index (κ3) is 2.17. The smallest absolute Gasteiger partial charge is 0.0553 e. The lowest BCUT2D eigenvalue weighted by Crippen LogP contribution is -2.17. The summed E-state index contributed by atoms with van der Waals surface area (Å²) in [5, 5.41) is 10.9. The normalized spacial score (nSPS) is 17.9. The summed E-state index contributed by atoms with van der Waals surface area (Å²) in [4.78, 5) is 0. The fourth-order valence-corrected chi connectivity index (χ4v) is 2.91. The molecule has 0 spiro atoms. The fourth-order valence-electron chi connectivity index (χ4n) is 2.91. The van der Waals surface area contributed by atoms with Crippen molar-refractivity contribution in [3.05, 3.63) is 36.0 Å². The quantitative estimate of drug-likeness (QED) is 0.875. The SMILES string of the molecule is CC(O)Cc1cn(CC2CCC2)c2ccccc12. The van der Waals surface area contributed by atoms with Gasteiger partial charge in [0.05, 0.1) is 6.10 Å². The van der Waals surface area contributed by atoms with Gasteiger partial charge in [-0.15, -0.1) is 0 Å². The van der Waals surface area contributed by atoms with Crippen LogP contribution in [-0.2, 0) is 13.0 Å². The minimum absolute atomic E-state index is 0.270. The van der Waals surface area contributed by atoms with Gasteiger partial charge in [0.15, 0.2) is 0 Å². The van der Waals surface area contributed by atoms with Crippen molar-refractivity contribution in [2.24, 2.45) is 5.92 Å². The summed E-state index contributed by atoms with van der Waals surface area (Å²) >= 11 is 0. The van der Waals surface area contributed by atoms with E-state index < -0.39 is 0 Å². The van der Waals surface area contributed by atoms with Gasteiger partial charge < -0.3 is 9.67 Å². The molecule has 96 valence electrons. The van der Waals surface area contributed by atoms with Crippen LogP contribution in [0.15, 0.2) is 30.5 Å². The van der Waals surface area contributed by atoms with Crippen LogP contribution in [0.4, 0.5) is 0 Å². The standard InChI is InChI=1S/C16H21NO/c1-12(18)9-14-11-17(10-13-5-4-6-13)16-8-3-2-7-15(14)16/h2-3,7-8,11-13,18H,4-6,9-10H2,1H3. The van der Waals surface area contributed by atoms with Gasteiger partial charge in [0, 0.05) is 30.1 Å². The van der Waals surface area contributed by atoms with Gasteiger partial charge in [-0.2, -0.15) is 0 Å². The second-order valence-electron chi connectivity index (χ2n) is 5.67. The van der Waals surface area contributed by atoms with Gasteiger partial charge in [-0.3, -0.25) is 0 Å². The molecule has 1 aromatic carbocycles. The maximum Gasteiger partial charge on any atom is 0.0553 e. The molecule has 3 rings (SSSR count). The number of hydrogen-bond donors (Lipinski definition) is 1. The maximum absolute atomic E-state index is 9.60. The summed E-state index contributed by atoms with van der Waals surface area (Å²) in [6.07, 6.45) is 6.86. The molecule has 2 heteroatoms. The van der Waals surface area contributed by atoms with E-state index in [0.29, 0.717) is 0 Å². The second-order valence-corrected chi connectivity index (χ2v) is 5.67. The molecule has 0 radical (unpaired) electrons. The third-order valence-electron chi connectivity index (χ3n) is 4.07. The van der Waals surface area contributed by atoms with Crippen LogP contribution in [-0.4, -0.2) is 15.8 Å². The summed E-state index contributed by atoms with van der Waals surface area (Å²) in [5.74, 6) is 0.861. The summed E-state index contributed by atoms with van der Waals surface area (Å²) in [7, 11) is 0. The second kappa shape index (κ2) is 4.77. The maximum atomic E-state index is 9.60. The van der Waals surface area contributed by atoms with Crippen LogP contribution in [0, 0.1) is 5.92 Å². The van der Waals surface area contributed by atoms with Crippen molar-refractivity contribution in [3.8, 4) is 0 Å². The number of nitrogens with zero attached hydrogens (tertiary/aromatic N) is 1. The van der Waals surface area contributed by atoms with Crippen molar-refractivity contribution in [2.45, 2.75) is 45.3 Å². The van der Waals surface area contributed by atoms with Crippen LogP contribution in [0.3, 0.4) is 0 Å². The van der Waals surface area contributed by atoms with Crippen LogP contribution in [0.2, 0.25) is 0 Å². The van der Waals surface area contributed by atoms with E-state index in [9.17, 15) is 5.11 Å². The zero-order valence-electron chi connectivity index (χ0n) is 11.0. The molecule has 1 N–H and O–H groups in total. The van der Waals surface area contributed by atoms with E-state index in [4.69, 9.17) is 0 Å². The summed E-state index contributed by atoms with van der Waals surface area (Å²) in [6.45, 7) is 3.00. The molecule has 18 heavy (non-hydrogen) atoms. The Morgan fingerprint density at radius 3 is 2.78 bits per heavy atom. The lowest BCUT2D eigenvalue weighted by molar-refractivity contribution is 0.195. The highest BCUT2D eigenvalue weighted by Crippen LogP contribution is 2.30. The minimum atomic E-state index is -0.270. The van der Waals surface area contributed by atoms with Crippen LogP contribution in [0.1, 0.15) is 31.7 Å². The molecule has 0 aliphatic heterocycles. The minimum Gasteiger partial charge on any atom is -0.393 e. The van der Waals surface area contributed by atoms with Crippen molar-refractivity contribution in [1.82, 2.24) is 4.57 Å². The fraction of sp³-hybridized carbons (Fsp3) is 0.500. The van der Waals surface area contributed by atoms with Gasteiger partial charge in [0.1, 0.15) is 0 Å². The number of aliphatic hydroxyl groups is 1. The zero-order chi connectivity index (χ0) is 12.5. The van der Waals surface area contributed by atoms with Crippen LogP contribution in [0.5, 0.6) is 0 Å². The average molecular weight is 243 g/mol. The lowest BCUT2D eigenvalue weighted by atomic mass is 9.85. The topological polar surface area (TPSA) is 25.2 Å². The largest absolute Gasteiger partial charge is 0.393 e. The molecule has 1 unspecified atom stereocenters. The first-order chi connectivity index (χ1) is 8.74. The Labute approximate surface area is 108 Å². The van der Waals surface area contributed by atoms with E-state index in [-0.39, 0.29) is 6.10 Å². The van der Waals surface area contributed by atoms with Crippen molar-refractivity contribution < 1.29 is 5.11 Å². The third-order valence-corrected chi connectivity index (χ3v) is 4.07. The number of aliphatic hydroxyl groups excluding tert-OH is 1. The number of fused-ring (bicyclic) bond motifs is 1. The van der Waals surface area contributed by atoms with Gasteiger partial charge in [0.25, 0.3) is 0 Å². The molecule has 2 nitrogen and oxygen atoms in total. The van der Waals surface area contributed by atoms with Crippen molar-refractivity contribution in [2.75, 3.05) is 0 Å². The molecule has 1 fully saturated rings. The predicted molar refractivity (Wildman–Crippen MR) is 74.7 cm³/mol.